The van der Waals surface area contributed by atoms with Crippen LogP contribution in [0, 0.1) is 13.8 Å². The Kier molecular flexibility index (Phi) is 6.14. The van der Waals surface area contributed by atoms with Gasteiger partial charge in [-0.05, 0) is 61.6 Å². The number of para-hydroxylation sites is 1. The first-order chi connectivity index (χ1) is 13.5. The van der Waals surface area contributed by atoms with Gasteiger partial charge in [0, 0.05) is 29.4 Å². The van der Waals surface area contributed by atoms with Crippen LogP contribution >= 0.6 is 0 Å². The summed E-state index contributed by atoms with van der Waals surface area (Å²) in [4.78, 5) is 27.5. The molecule has 2 N–H and O–H groups in total. The highest BCUT2D eigenvalue weighted by atomic mass is 16.5. The predicted octanol–water partition coefficient (Wildman–Crippen LogP) is 3.45. The van der Waals surface area contributed by atoms with Crippen LogP contribution in [0.3, 0.4) is 0 Å². The van der Waals surface area contributed by atoms with E-state index in [2.05, 4.69) is 16.4 Å². The third-order valence-corrected chi connectivity index (χ3v) is 4.92. The highest BCUT2D eigenvalue weighted by Crippen LogP contribution is 2.19. The number of carbonyl (C=O) groups is 1. The number of aryl methyl sites for hydroxylation is 3. The van der Waals surface area contributed by atoms with Crippen molar-refractivity contribution in [1.82, 2.24) is 10.3 Å². The summed E-state index contributed by atoms with van der Waals surface area (Å²) in [5.74, 6) is 0.764. The number of amides is 1. The number of pyridine rings is 1. The normalized spacial score (nSPS) is 10.8. The van der Waals surface area contributed by atoms with E-state index in [-0.39, 0.29) is 17.9 Å². The molecule has 1 heterocycles. The first-order valence-electron chi connectivity index (χ1n) is 9.49. The van der Waals surface area contributed by atoms with Crippen LogP contribution in [0.25, 0.3) is 10.9 Å². The van der Waals surface area contributed by atoms with Gasteiger partial charge in [-0.1, -0.05) is 24.3 Å². The number of ether oxygens (including phenoxy) is 1. The molecular formula is C23H26N2O3. The highest BCUT2D eigenvalue weighted by Gasteiger charge is 2.09. The number of carbonyl (C=O) groups excluding carboxylic acids is 1. The predicted molar refractivity (Wildman–Crippen MR) is 112 cm³/mol. The maximum Gasteiger partial charge on any atom is 0.251 e. The molecule has 0 spiro atoms. The molecule has 146 valence electrons. The number of H-pyrrole nitrogens is 1. The van der Waals surface area contributed by atoms with Crippen LogP contribution in [-0.2, 0) is 17.6 Å². The minimum Gasteiger partial charge on any atom is -0.496 e. The van der Waals surface area contributed by atoms with Crippen molar-refractivity contribution in [3.63, 3.8) is 0 Å². The Morgan fingerprint density at radius 1 is 1.07 bits per heavy atom. The second-order valence-corrected chi connectivity index (χ2v) is 7.08. The van der Waals surface area contributed by atoms with E-state index >= 15 is 0 Å². The average molecular weight is 378 g/mol. The Hall–Kier alpha value is -3.08. The van der Waals surface area contributed by atoms with E-state index in [0.29, 0.717) is 24.9 Å². The number of hydrogen-bond acceptors (Lipinski definition) is 3. The van der Waals surface area contributed by atoms with Gasteiger partial charge in [-0.2, -0.15) is 0 Å². The summed E-state index contributed by atoms with van der Waals surface area (Å²) in [5, 5.41) is 3.95. The van der Waals surface area contributed by atoms with Crippen molar-refractivity contribution in [2.75, 3.05) is 13.7 Å². The number of fused-ring (bicyclic) bond motifs is 1. The van der Waals surface area contributed by atoms with Crippen LogP contribution in [0.4, 0.5) is 0 Å². The molecule has 0 aliphatic heterocycles. The third-order valence-electron chi connectivity index (χ3n) is 4.92. The second kappa shape index (κ2) is 8.74. The lowest BCUT2D eigenvalue weighted by molar-refractivity contribution is -0.121. The number of aromatic nitrogens is 1. The number of benzene rings is 2. The monoisotopic (exact) mass is 378 g/mol. The van der Waals surface area contributed by atoms with Gasteiger partial charge in [0.1, 0.15) is 5.75 Å². The number of aromatic amines is 1. The molecule has 0 saturated heterocycles. The molecule has 1 aromatic heterocycles. The maximum atomic E-state index is 12.3. The Morgan fingerprint density at radius 2 is 1.86 bits per heavy atom. The topological polar surface area (TPSA) is 71.2 Å². The minimum absolute atomic E-state index is 0.0602. The van der Waals surface area contributed by atoms with Crippen molar-refractivity contribution < 1.29 is 9.53 Å². The van der Waals surface area contributed by atoms with Gasteiger partial charge in [-0.3, -0.25) is 9.59 Å². The summed E-state index contributed by atoms with van der Waals surface area (Å²) in [5.41, 5.74) is 4.64. The van der Waals surface area contributed by atoms with E-state index in [9.17, 15) is 9.59 Å². The molecule has 0 radical (unpaired) electrons. The molecule has 0 aliphatic carbocycles. The van der Waals surface area contributed by atoms with E-state index in [0.717, 1.165) is 33.3 Å². The van der Waals surface area contributed by atoms with Gasteiger partial charge in [0.25, 0.3) is 5.56 Å². The molecule has 5 nitrogen and oxygen atoms in total. The van der Waals surface area contributed by atoms with Crippen molar-refractivity contribution in [2.45, 2.75) is 33.1 Å². The third kappa shape index (κ3) is 4.60. The fraction of sp³-hybridized carbons (Fsp3) is 0.304. The molecule has 5 heteroatoms. The Morgan fingerprint density at radius 3 is 2.64 bits per heavy atom. The molecule has 3 aromatic rings. The molecule has 0 fully saturated rings. The standard InChI is InChI=1S/C23H26N2O3/c1-15-12-16(2)19-14-18(23(27)25-20(19)13-15)8-9-22(26)24-11-10-17-6-4-5-7-21(17)28-3/h4-7,12-14H,8-11H2,1-3H3,(H,24,26)(H,25,27). The Bertz CT molecular complexity index is 1050. The molecule has 0 atom stereocenters. The average Bonchev–Trinajstić information content (AvgIpc) is 2.66. The lowest BCUT2D eigenvalue weighted by Crippen LogP contribution is -2.26. The van der Waals surface area contributed by atoms with Crippen molar-refractivity contribution >= 4 is 16.8 Å². The lowest BCUT2D eigenvalue weighted by Gasteiger charge is -2.09. The second-order valence-electron chi connectivity index (χ2n) is 7.08. The lowest BCUT2D eigenvalue weighted by atomic mass is 10.0. The van der Waals surface area contributed by atoms with Gasteiger partial charge in [-0.15, -0.1) is 0 Å². The summed E-state index contributed by atoms with van der Waals surface area (Å²) in [6, 6.07) is 13.7. The molecule has 2 aromatic carbocycles. The van der Waals surface area contributed by atoms with E-state index < -0.39 is 0 Å². The number of rotatable bonds is 7. The van der Waals surface area contributed by atoms with Gasteiger partial charge in [-0.25, -0.2) is 0 Å². The fourth-order valence-electron chi connectivity index (χ4n) is 3.48. The number of nitrogens with one attached hydrogen (secondary N) is 2. The van der Waals surface area contributed by atoms with Crippen molar-refractivity contribution in [3.8, 4) is 5.75 Å². The van der Waals surface area contributed by atoms with E-state index in [1.807, 2.05) is 50.2 Å². The van der Waals surface area contributed by atoms with Crippen LogP contribution in [0.2, 0.25) is 0 Å². The van der Waals surface area contributed by atoms with Crippen LogP contribution in [0.1, 0.15) is 28.7 Å². The number of hydrogen-bond donors (Lipinski definition) is 2. The van der Waals surface area contributed by atoms with Gasteiger partial charge < -0.3 is 15.0 Å². The first kappa shape index (κ1) is 19.7. The van der Waals surface area contributed by atoms with Crippen LogP contribution < -0.4 is 15.6 Å². The molecule has 1 amide bonds. The van der Waals surface area contributed by atoms with Gasteiger partial charge in [0.2, 0.25) is 5.91 Å². The van der Waals surface area contributed by atoms with Crippen LogP contribution in [0.5, 0.6) is 5.75 Å². The van der Waals surface area contributed by atoms with E-state index in [4.69, 9.17) is 4.74 Å². The first-order valence-corrected chi connectivity index (χ1v) is 9.49. The SMILES string of the molecule is COc1ccccc1CCNC(=O)CCc1cc2c(C)cc(C)cc2[nH]c1=O. The van der Waals surface area contributed by atoms with Crippen molar-refractivity contribution in [3.05, 3.63) is 75.1 Å². The summed E-state index contributed by atoms with van der Waals surface area (Å²) < 4.78 is 5.32. The summed E-state index contributed by atoms with van der Waals surface area (Å²) >= 11 is 0. The van der Waals surface area contributed by atoms with Crippen LogP contribution in [-0.4, -0.2) is 24.5 Å². The van der Waals surface area contributed by atoms with Gasteiger partial charge >= 0.3 is 0 Å². The Balaban J connectivity index is 1.58. The van der Waals surface area contributed by atoms with Gasteiger partial charge in [0.15, 0.2) is 0 Å². The molecule has 0 aliphatic rings. The quantitative estimate of drug-likeness (QED) is 0.662. The minimum atomic E-state index is -0.126. The molecular weight excluding hydrogens is 352 g/mol. The molecule has 3 rings (SSSR count). The highest BCUT2D eigenvalue weighted by molar-refractivity contribution is 5.83. The molecule has 0 bridgehead atoms. The maximum absolute atomic E-state index is 12.3. The Labute approximate surface area is 164 Å². The van der Waals surface area contributed by atoms with Crippen molar-refractivity contribution in [2.24, 2.45) is 0 Å². The molecule has 0 saturated carbocycles. The molecule has 0 unspecified atom stereocenters. The summed E-state index contributed by atoms with van der Waals surface area (Å²) in [6.07, 6.45) is 1.40. The molecule has 28 heavy (non-hydrogen) atoms. The van der Waals surface area contributed by atoms with Crippen molar-refractivity contribution in [1.29, 1.82) is 0 Å². The summed E-state index contributed by atoms with van der Waals surface area (Å²) in [6.45, 7) is 4.57. The fourth-order valence-corrected chi connectivity index (χ4v) is 3.48. The zero-order chi connectivity index (χ0) is 20.1. The van der Waals surface area contributed by atoms with E-state index in [1.165, 1.54) is 0 Å². The zero-order valence-electron chi connectivity index (χ0n) is 16.6. The summed E-state index contributed by atoms with van der Waals surface area (Å²) in [7, 11) is 1.64. The number of methoxy groups -OCH3 is 1. The zero-order valence-corrected chi connectivity index (χ0v) is 16.6. The largest absolute Gasteiger partial charge is 0.496 e. The van der Waals surface area contributed by atoms with E-state index in [1.54, 1.807) is 7.11 Å². The smallest absolute Gasteiger partial charge is 0.251 e. The van der Waals surface area contributed by atoms with Gasteiger partial charge in [0.05, 0.1) is 7.11 Å². The van der Waals surface area contributed by atoms with Crippen LogP contribution in [0.15, 0.2) is 47.3 Å².